The van der Waals surface area contributed by atoms with Gasteiger partial charge in [0, 0.05) is 6.20 Å². The number of rotatable bonds is 3. The van der Waals surface area contributed by atoms with Gasteiger partial charge < -0.3 is 5.73 Å². The molecule has 3 nitrogen and oxygen atoms in total. The van der Waals surface area contributed by atoms with Crippen LogP contribution >= 0.6 is 0 Å². The highest BCUT2D eigenvalue weighted by atomic mass is 14.8. The molecule has 0 amide bonds. The van der Waals surface area contributed by atoms with Crippen LogP contribution in [0.4, 0.5) is 0 Å². The molecule has 3 rings (SSSR count). The first kappa shape index (κ1) is 11.4. The first-order valence-corrected chi connectivity index (χ1v) is 6.46. The molecule has 0 spiro atoms. The Kier molecular flexibility index (Phi) is 3.07. The Morgan fingerprint density at radius 1 is 1.11 bits per heavy atom. The van der Waals surface area contributed by atoms with Gasteiger partial charge in [-0.25, -0.2) is 9.97 Å². The second-order valence-electron chi connectivity index (χ2n) is 4.91. The molecule has 1 atom stereocenters. The number of hydrogen-bond donors (Lipinski definition) is 1. The maximum absolute atomic E-state index is 6.20. The van der Waals surface area contributed by atoms with Crippen LogP contribution in [0.2, 0.25) is 0 Å². The number of nitrogens with two attached hydrogens (primary N) is 1. The van der Waals surface area contributed by atoms with E-state index in [0.717, 1.165) is 17.2 Å². The Morgan fingerprint density at radius 3 is 2.44 bits per heavy atom. The fourth-order valence-corrected chi connectivity index (χ4v) is 2.37. The minimum atomic E-state index is -0.163. The molecule has 0 saturated heterocycles. The van der Waals surface area contributed by atoms with E-state index in [2.05, 4.69) is 34.2 Å². The maximum atomic E-state index is 6.20. The molecule has 1 aliphatic carbocycles. The minimum Gasteiger partial charge on any atom is -0.319 e. The van der Waals surface area contributed by atoms with Gasteiger partial charge in [-0.05, 0) is 36.0 Å². The summed E-state index contributed by atoms with van der Waals surface area (Å²) in [6.07, 6.45) is 7.30. The molecule has 1 aliphatic rings. The summed E-state index contributed by atoms with van der Waals surface area (Å²) in [6, 6.07) is 10.4. The van der Waals surface area contributed by atoms with Crippen molar-refractivity contribution in [1.82, 2.24) is 9.97 Å². The molecule has 1 heterocycles. The summed E-state index contributed by atoms with van der Waals surface area (Å²) in [6.45, 7) is 0. The summed E-state index contributed by atoms with van der Waals surface area (Å²) in [5.41, 5.74) is 9.61. The van der Waals surface area contributed by atoms with Gasteiger partial charge in [-0.3, -0.25) is 0 Å². The molecule has 1 saturated carbocycles. The molecule has 1 aromatic heterocycles. The lowest BCUT2D eigenvalue weighted by atomic mass is 9.80. The summed E-state index contributed by atoms with van der Waals surface area (Å²) in [7, 11) is 0. The van der Waals surface area contributed by atoms with Crippen LogP contribution < -0.4 is 5.73 Å². The summed E-state index contributed by atoms with van der Waals surface area (Å²) < 4.78 is 0. The predicted molar refractivity (Wildman–Crippen MR) is 71.1 cm³/mol. The highest BCUT2D eigenvalue weighted by molar-refractivity contribution is 5.31. The van der Waals surface area contributed by atoms with Crippen LogP contribution in [0.3, 0.4) is 0 Å². The van der Waals surface area contributed by atoms with Crippen LogP contribution in [-0.4, -0.2) is 9.97 Å². The van der Waals surface area contributed by atoms with E-state index < -0.39 is 0 Å². The van der Waals surface area contributed by atoms with Crippen LogP contribution in [0.5, 0.6) is 0 Å². The van der Waals surface area contributed by atoms with Crippen molar-refractivity contribution in [2.75, 3.05) is 0 Å². The van der Waals surface area contributed by atoms with Gasteiger partial charge in [0.05, 0.1) is 11.7 Å². The topological polar surface area (TPSA) is 51.8 Å². The number of hydrogen-bond acceptors (Lipinski definition) is 3. The van der Waals surface area contributed by atoms with Crippen molar-refractivity contribution >= 4 is 0 Å². The zero-order valence-electron chi connectivity index (χ0n) is 10.3. The number of nitrogens with zero attached hydrogens (tertiary/aromatic N) is 2. The average Bonchev–Trinajstić information content (AvgIpc) is 2.38. The Hall–Kier alpha value is -1.74. The fourth-order valence-electron chi connectivity index (χ4n) is 2.37. The van der Waals surface area contributed by atoms with E-state index in [1.807, 2.05) is 6.07 Å². The molecule has 2 aromatic rings. The third-order valence-corrected chi connectivity index (χ3v) is 3.80. The molecule has 3 heteroatoms. The standard InChI is InChI=1S/C15H17N3/c16-15(14-8-9-17-10-18-14)13-6-4-12(5-7-13)11-2-1-3-11/h4-11,15H,1-3,16H2. The fraction of sp³-hybridized carbons (Fsp3) is 0.333. The van der Waals surface area contributed by atoms with Gasteiger partial charge in [0.1, 0.15) is 6.33 Å². The molecular weight excluding hydrogens is 222 g/mol. The van der Waals surface area contributed by atoms with E-state index in [9.17, 15) is 0 Å². The predicted octanol–water partition coefficient (Wildman–Crippen LogP) is 2.79. The zero-order valence-corrected chi connectivity index (χ0v) is 10.3. The Morgan fingerprint density at radius 2 is 1.89 bits per heavy atom. The van der Waals surface area contributed by atoms with Crippen molar-refractivity contribution in [2.45, 2.75) is 31.2 Å². The van der Waals surface area contributed by atoms with E-state index in [1.165, 1.54) is 31.2 Å². The Labute approximate surface area is 107 Å². The normalized spacial score (nSPS) is 17.2. The molecule has 18 heavy (non-hydrogen) atoms. The Balaban J connectivity index is 1.80. The quantitative estimate of drug-likeness (QED) is 0.896. The molecule has 1 aromatic carbocycles. The molecule has 2 N–H and O–H groups in total. The molecule has 1 fully saturated rings. The van der Waals surface area contributed by atoms with Gasteiger partial charge in [0.25, 0.3) is 0 Å². The lowest BCUT2D eigenvalue weighted by Gasteiger charge is -2.26. The summed E-state index contributed by atoms with van der Waals surface area (Å²) >= 11 is 0. The first-order chi connectivity index (χ1) is 8.84. The second kappa shape index (κ2) is 4.86. The third kappa shape index (κ3) is 2.14. The van der Waals surface area contributed by atoms with Crippen LogP contribution in [0.25, 0.3) is 0 Å². The van der Waals surface area contributed by atoms with Crippen molar-refractivity contribution in [2.24, 2.45) is 5.73 Å². The lowest BCUT2D eigenvalue weighted by molar-refractivity contribution is 0.419. The Bertz CT molecular complexity index is 503. The first-order valence-electron chi connectivity index (χ1n) is 6.46. The summed E-state index contributed by atoms with van der Waals surface area (Å²) in [4.78, 5) is 8.11. The molecule has 0 bridgehead atoms. The van der Waals surface area contributed by atoms with Crippen molar-refractivity contribution in [3.63, 3.8) is 0 Å². The number of aromatic nitrogens is 2. The van der Waals surface area contributed by atoms with Gasteiger partial charge in [0.15, 0.2) is 0 Å². The SMILES string of the molecule is NC(c1ccc(C2CCC2)cc1)c1ccncn1. The monoisotopic (exact) mass is 239 g/mol. The molecule has 92 valence electrons. The summed E-state index contributed by atoms with van der Waals surface area (Å²) in [5, 5.41) is 0. The maximum Gasteiger partial charge on any atom is 0.115 e. The zero-order chi connectivity index (χ0) is 12.4. The van der Waals surface area contributed by atoms with Crippen LogP contribution in [0.15, 0.2) is 42.9 Å². The van der Waals surface area contributed by atoms with Crippen LogP contribution in [0, 0.1) is 0 Å². The molecule has 1 unspecified atom stereocenters. The van der Waals surface area contributed by atoms with Crippen molar-refractivity contribution in [3.05, 3.63) is 59.7 Å². The van der Waals surface area contributed by atoms with E-state index in [4.69, 9.17) is 5.73 Å². The largest absolute Gasteiger partial charge is 0.319 e. The molecular formula is C15H17N3. The van der Waals surface area contributed by atoms with E-state index in [1.54, 1.807) is 6.20 Å². The van der Waals surface area contributed by atoms with E-state index in [-0.39, 0.29) is 6.04 Å². The van der Waals surface area contributed by atoms with Crippen molar-refractivity contribution < 1.29 is 0 Å². The summed E-state index contributed by atoms with van der Waals surface area (Å²) in [5.74, 6) is 0.773. The second-order valence-corrected chi connectivity index (χ2v) is 4.91. The van der Waals surface area contributed by atoms with Gasteiger partial charge in [-0.1, -0.05) is 30.7 Å². The highest BCUT2D eigenvalue weighted by Gasteiger charge is 2.19. The molecule has 0 radical (unpaired) electrons. The van der Waals surface area contributed by atoms with Gasteiger partial charge >= 0.3 is 0 Å². The minimum absolute atomic E-state index is 0.163. The van der Waals surface area contributed by atoms with Gasteiger partial charge in [-0.15, -0.1) is 0 Å². The van der Waals surface area contributed by atoms with Crippen molar-refractivity contribution in [1.29, 1.82) is 0 Å². The van der Waals surface area contributed by atoms with Crippen molar-refractivity contribution in [3.8, 4) is 0 Å². The number of benzene rings is 1. The highest BCUT2D eigenvalue weighted by Crippen LogP contribution is 2.36. The lowest BCUT2D eigenvalue weighted by Crippen LogP contribution is -2.14. The van der Waals surface area contributed by atoms with Crippen LogP contribution in [-0.2, 0) is 0 Å². The third-order valence-electron chi connectivity index (χ3n) is 3.80. The smallest absolute Gasteiger partial charge is 0.115 e. The van der Waals surface area contributed by atoms with E-state index in [0.29, 0.717) is 0 Å². The van der Waals surface area contributed by atoms with Gasteiger partial charge in [-0.2, -0.15) is 0 Å². The van der Waals surface area contributed by atoms with Crippen LogP contribution in [0.1, 0.15) is 48.0 Å². The van der Waals surface area contributed by atoms with Gasteiger partial charge in [0.2, 0.25) is 0 Å². The average molecular weight is 239 g/mol. The van der Waals surface area contributed by atoms with E-state index >= 15 is 0 Å². The molecule has 0 aliphatic heterocycles.